The van der Waals surface area contributed by atoms with Crippen LogP contribution in [0.15, 0.2) is 24.4 Å². The van der Waals surface area contributed by atoms with Gasteiger partial charge in [-0.25, -0.2) is 13.8 Å². The number of amides is 1. The van der Waals surface area contributed by atoms with E-state index in [9.17, 15) is 13.6 Å². The molecule has 126 valence electrons. The molecule has 4 heterocycles. The number of benzene rings is 1. The van der Waals surface area contributed by atoms with E-state index in [0.717, 1.165) is 49.9 Å². The Kier molecular flexibility index (Phi) is 4.05. The smallest absolute Gasteiger partial charge is 0.263 e. The summed E-state index contributed by atoms with van der Waals surface area (Å²) in [7, 11) is 0. The highest BCUT2D eigenvalue weighted by molar-refractivity contribution is 7.16. The molecule has 3 fully saturated rings. The molecule has 3 aliphatic rings. The predicted molar refractivity (Wildman–Crippen MR) is 87.9 cm³/mol. The molecule has 2 aromatic rings. The van der Waals surface area contributed by atoms with Crippen LogP contribution in [-0.4, -0.2) is 41.5 Å². The van der Waals surface area contributed by atoms with E-state index in [-0.39, 0.29) is 17.5 Å². The molecule has 0 radical (unpaired) electrons. The second-order valence-electron chi connectivity index (χ2n) is 6.37. The quantitative estimate of drug-likeness (QED) is 0.927. The molecule has 1 amide bonds. The van der Waals surface area contributed by atoms with Crippen LogP contribution in [0.2, 0.25) is 0 Å². The van der Waals surface area contributed by atoms with Crippen LogP contribution in [0.3, 0.4) is 0 Å². The third-order valence-corrected chi connectivity index (χ3v) is 5.89. The van der Waals surface area contributed by atoms with Gasteiger partial charge >= 0.3 is 0 Å². The lowest BCUT2D eigenvalue weighted by atomic mass is 9.84. The summed E-state index contributed by atoms with van der Waals surface area (Å²) in [6.07, 6.45) is 3.71. The lowest BCUT2D eigenvalue weighted by molar-refractivity contribution is 0.0622. The van der Waals surface area contributed by atoms with Crippen molar-refractivity contribution in [1.29, 1.82) is 0 Å². The summed E-state index contributed by atoms with van der Waals surface area (Å²) in [6.45, 7) is 3.13. The molecule has 3 saturated heterocycles. The van der Waals surface area contributed by atoms with Crippen molar-refractivity contribution in [2.45, 2.75) is 18.9 Å². The maximum atomic E-state index is 13.8. The van der Waals surface area contributed by atoms with E-state index in [2.05, 4.69) is 15.2 Å². The third-order valence-electron chi connectivity index (χ3n) is 4.86. The first-order valence-electron chi connectivity index (χ1n) is 8.04. The molecule has 4 nitrogen and oxygen atoms in total. The summed E-state index contributed by atoms with van der Waals surface area (Å²) in [4.78, 5) is 19.4. The number of rotatable bonds is 3. The Morgan fingerprint density at radius 2 is 2.08 bits per heavy atom. The number of hydrogen-bond acceptors (Lipinski definition) is 4. The van der Waals surface area contributed by atoms with Gasteiger partial charge in [-0.15, -0.1) is 11.3 Å². The van der Waals surface area contributed by atoms with Gasteiger partial charge in [0.05, 0.1) is 6.20 Å². The minimum atomic E-state index is -0.673. The normalized spacial score (nSPS) is 25.7. The summed E-state index contributed by atoms with van der Waals surface area (Å²) in [5, 5.41) is 3.47. The van der Waals surface area contributed by atoms with E-state index >= 15 is 0 Å². The van der Waals surface area contributed by atoms with E-state index < -0.39 is 11.6 Å². The summed E-state index contributed by atoms with van der Waals surface area (Å²) < 4.78 is 26.8. The second-order valence-corrected chi connectivity index (χ2v) is 7.40. The molecule has 3 aliphatic heterocycles. The minimum Gasteiger partial charge on any atom is -0.347 e. The third kappa shape index (κ3) is 2.93. The van der Waals surface area contributed by atoms with Crippen LogP contribution in [0.4, 0.5) is 8.78 Å². The average molecular weight is 349 g/mol. The fraction of sp³-hybridized carbons (Fsp3) is 0.412. The van der Waals surface area contributed by atoms with E-state index in [1.54, 1.807) is 0 Å². The highest BCUT2D eigenvalue weighted by Gasteiger charge is 2.35. The lowest BCUT2D eigenvalue weighted by Crippen LogP contribution is -2.57. The summed E-state index contributed by atoms with van der Waals surface area (Å²) >= 11 is 1.12. The van der Waals surface area contributed by atoms with Crippen molar-refractivity contribution < 1.29 is 13.6 Å². The van der Waals surface area contributed by atoms with Crippen LogP contribution in [0.5, 0.6) is 0 Å². The van der Waals surface area contributed by atoms with Crippen LogP contribution in [0, 0.1) is 17.6 Å². The fourth-order valence-electron chi connectivity index (χ4n) is 3.53. The molecular formula is C17H17F2N3OS. The molecule has 1 aromatic carbocycles. The molecular weight excluding hydrogens is 332 g/mol. The van der Waals surface area contributed by atoms with Gasteiger partial charge in [-0.1, -0.05) is 0 Å². The molecule has 24 heavy (non-hydrogen) atoms. The number of carbonyl (C=O) groups is 1. The summed E-state index contributed by atoms with van der Waals surface area (Å²) in [5.74, 6) is -0.928. The number of nitrogens with zero attached hydrogens (tertiary/aromatic N) is 2. The molecule has 0 saturated carbocycles. The average Bonchev–Trinajstić information content (AvgIpc) is 3.06. The van der Waals surface area contributed by atoms with Gasteiger partial charge in [0.1, 0.15) is 21.5 Å². The Hall–Kier alpha value is -1.86. The van der Waals surface area contributed by atoms with Crippen molar-refractivity contribution in [1.82, 2.24) is 15.2 Å². The molecule has 0 aliphatic carbocycles. The van der Waals surface area contributed by atoms with Crippen LogP contribution < -0.4 is 5.32 Å². The standard InChI is InChI=1S/C17H17F2N3OS/c18-11-1-2-12(13(19)7-11)17-20-8-15(24-17)16(23)21-14-9-22-5-3-10(14)4-6-22/h1-2,7-8,10,14H,3-6,9H2,(H,21,23). The van der Waals surface area contributed by atoms with E-state index in [0.29, 0.717) is 15.8 Å². The van der Waals surface area contributed by atoms with Crippen molar-refractivity contribution >= 4 is 17.2 Å². The number of thiazole rings is 1. The van der Waals surface area contributed by atoms with Crippen LogP contribution in [-0.2, 0) is 0 Å². The SMILES string of the molecule is O=C(NC1CN2CCC1CC2)c1cnc(-c2ccc(F)cc2F)s1. The first-order valence-corrected chi connectivity index (χ1v) is 8.86. The summed E-state index contributed by atoms with van der Waals surface area (Å²) in [5.41, 5.74) is 0.211. The van der Waals surface area contributed by atoms with Gasteiger partial charge in [-0.3, -0.25) is 4.79 Å². The number of aromatic nitrogens is 1. The number of halogens is 2. The zero-order chi connectivity index (χ0) is 16.7. The maximum Gasteiger partial charge on any atom is 0.263 e. The first-order chi connectivity index (χ1) is 11.6. The number of piperidine rings is 3. The number of hydrogen-bond donors (Lipinski definition) is 1. The molecule has 5 rings (SSSR count). The zero-order valence-corrected chi connectivity index (χ0v) is 13.8. The van der Waals surface area contributed by atoms with Gasteiger partial charge in [-0.2, -0.15) is 0 Å². The Morgan fingerprint density at radius 1 is 1.29 bits per heavy atom. The molecule has 2 bridgehead atoms. The van der Waals surface area contributed by atoms with Gasteiger partial charge in [0.15, 0.2) is 0 Å². The van der Waals surface area contributed by atoms with E-state index in [1.807, 2.05) is 0 Å². The second kappa shape index (κ2) is 6.22. The van der Waals surface area contributed by atoms with Crippen LogP contribution in [0.1, 0.15) is 22.5 Å². The first kappa shape index (κ1) is 15.7. The number of fused-ring (bicyclic) bond motifs is 3. The maximum absolute atomic E-state index is 13.8. The van der Waals surface area contributed by atoms with E-state index in [1.165, 1.54) is 18.3 Å². The van der Waals surface area contributed by atoms with Crippen molar-refractivity contribution in [3.8, 4) is 10.6 Å². The number of carbonyl (C=O) groups excluding carboxylic acids is 1. The number of nitrogens with one attached hydrogen (secondary N) is 1. The van der Waals surface area contributed by atoms with Gasteiger partial charge in [-0.05, 0) is 44.0 Å². The zero-order valence-electron chi connectivity index (χ0n) is 13.0. The highest BCUT2D eigenvalue weighted by Crippen LogP contribution is 2.30. The van der Waals surface area contributed by atoms with Crippen molar-refractivity contribution in [3.05, 3.63) is 40.9 Å². The molecule has 1 atom stereocenters. The van der Waals surface area contributed by atoms with E-state index in [4.69, 9.17) is 0 Å². The van der Waals surface area contributed by atoms with Crippen molar-refractivity contribution in [3.63, 3.8) is 0 Å². The molecule has 1 aromatic heterocycles. The molecule has 0 spiro atoms. The topological polar surface area (TPSA) is 45.2 Å². The van der Waals surface area contributed by atoms with Gasteiger partial charge in [0, 0.05) is 24.2 Å². The Balaban J connectivity index is 1.49. The predicted octanol–water partition coefficient (Wildman–Crippen LogP) is 2.91. The Bertz CT molecular complexity index is 771. The highest BCUT2D eigenvalue weighted by atomic mass is 32.1. The fourth-order valence-corrected chi connectivity index (χ4v) is 4.38. The Morgan fingerprint density at radius 3 is 2.75 bits per heavy atom. The minimum absolute atomic E-state index is 0.167. The molecule has 1 N–H and O–H groups in total. The van der Waals surface area contributed by atoms with Crippen molar-refractivity contribution in [2.24, 2.45) is 5.92 Å². The molecule has 7 heteroatoms. The monoisotopic (exact) mass is 349 g/mol. The largest absolute Gasteiger partial charge is 0.347 e. The van der Waals surface area contributed by atoms with Gasteiger partial charge in [0.25, 0.3) is 5.91 Å². The van der Waals surface area contributed by atoms with Gasteiger partial charge in [0.2, 0.25) is 0 Å². The van der Waals surface area contributed by atoms with Gasteiger partial charge < -0.3 is 10.2 Å². The lowest BCUT2D eigenvalue weighted by Gasteiger charge is -2.44. The summed E-state index contributed by atoms with van der Waals surface area (Å²) in [6, 6.07) is 3.53. The van der Waals surface area contributed by atoms with Crippen LogP contribution >= 0.6 is 11.3 Å². The van der Waals surface area contributed by atoms with Crippen LogP contribution in [0.25, 0.3) is 10.6 Å². The van der Waals surface area contributed by atoms with Crippen molar-refractivity contribution in [2.75, 3.05) is 19.6 Å². The molecule has 1 unspecified atom stereocenters. The Labute approximate surface area is 142 Å².